The fourth-order valence-corrected chi connectivity index (χ4v) is 3.10. The molecule has 0 radical (unpaired) electrons. The van der Waals surface area contributed by atoms with Crippen molar-refractivity contribution in [1.82, 2.24) is 15.6 Å². The van der Waals surface area contributed by atoms with Crippen LogP contribution in [0.15, 0.2) is 34.4 Å². The second-order valence-corrected chi connectivity index (χ2v) is 6.69. The standard InChI is InChI=1S/C15H19N3O3S/c1-15(20,11-3-2-7-21-11)9-17-14(19)18-12(10-4-5-10)13-16-6-8-22-13/h2-3,6-8,10,12,20H,4-5,9H2,1H3,(H2,17,18,19)/t12-,15-/m0/s1. The number of furan rings is 1. The van der Waals surface area contributed by atoms with Crippen LogP contribution in [-0.4, -0.2) is 22.7 Å². The predicted octanol–water partition coefficient (Wildman–Crippen LogP) is 2.39. The monoisotopic (exact) mass is 321 g/mol. The summed E-state index contributed by atoms with van der Waals surface area (Å²) in [6, 6.07) is 3.03. The van der Waals surface area contributed by atoms with Gasteiger partial charge in [0.1, 0.15) is 16.4 Å². The highest BCUT2D eigenvalue weighted by Crippen LogP contribution is 2.41. The third-order valence-electron chi connectivity index (χ3n) is 3.74. The van der Waals surface area contributed by atoms with E-state index in [9.17, 15) is 9.90 Å². The van der Waals surface area contributed by atoms with Gasteiger partial charge in [0.15, 0.2) is 0 Å². The normalized spacial score (nSPS) is 18.5. The van der Waals surface area contributed by atoms with Crippen LogP contribution in [0.1, 0.15) is 36.6 Å². The lowest BCUT2D eigenvalue weighted by atomic mass is 10.0. The SMILES string of the molecule is C[C@](O)(CNC(=O)N[C@H](c1nccs1)C1CC1)c1ccco1. The Morgan fingerprint density at radius 1 is 1.64 bits per heavy atom. The molecule has 3 rings (SSSR count). The average Bonchev–Trinajstić information content (AvgIpc) is 2.97. The fourth-order valence-electron chi connectivity index (χ4n) is 2.32. The summed E-state index contributed by atoms with van der Waals surface area (Å²) in [7, 11) is 0. The van der Waals surface area contributed by atoms with E-state index in [0.717, 1.165) is 17.8 Å². The van der Waals surface area contributed by atoms with E-state index in [1.54, 1.807) is 36.6 Å². The first-order valence-corrected chi connectivity index (χ1v) is 8.14. The van der Waals surface area contributed by atoms with Gasteiger partial charge in [-0.15, -0.1) is 11.3 Å². The fraction of sp³-hybridized carbons (Fsp3) is 0.467. The topological polar surface area (TPSA) is 87.4 Å². The second-order valence-electron chi connectivity index (χ2n) is 5.76. The number of rotatable bonds is 6. The van der Waals surface area contributed by atoms with E-state index >= 15 is 0 Å². The Hall–Kier alpha value is -1.86. The highest BCUT2D eigenvalue weighted by atomic mass is 32.1. The number of thiazole rings is 1. The van der Waals surface area contributed by atoms with E-state index < -0.39 is 5.60 Å². The summed E-state index contributed by atoms with van der Waals surface area (Å²) in [5.74, 6) is 0.883. The lowest BCUT2D eigenvalue weighted by molar-refractivity contribution is 0.0366. The Morgan fingerprint density at radius 3 is 3.05 bits per heavy atom. The molecule has 3 N–H and O–H groups in total. The van der Waals surface area contributed by atoms with Crippen molar-refractivity contribution in [2.24, 2.45) is 5.92 Å². The number of aliphatic hydroxyl groups is 1. The number of nitrogens with zero attached hydrogens (tertiary/aromatic N) is 1. The second kappa shape index (κ2) is 6.10. The van der Waals surface area contributed by atoms with E-state index in [0.29, 0.717) is 11.7 Å². The number of hydrogen-bond donors (Lipinski definition) is 3. The Labute approximate surface area is 132 Å². The Morgan fingerprint density at radius 2 is 2.45 bits per heavy atom. The minimum Gasteiger partial charge on any atom is -0.466 e. The van der Waals surface area contributed by atoms with Gasteiger partial charge < -0.3 is 20.2 Å². The number of aromatic nitrogens is 1. The van der Waals surface area contributed by atoms with Crippen molar-refractivity contribution in [1.29, 1.82) is 0 Å². The molecule has 2 amide bonds. The maximum absolute atomic E-state index is 12.1. The van der Waals surface area contributed by atoms with Gasteiger partial charge in [-0.1, -0.05) is 0 Å². The first-order valence-electron chi connectivity index (χ1n) is 7.26. The Balaban J connectivity index is 1.56. The van der Waals surface area contributed by atoms with Crippen LogP contribution in [0, 0.1) is 5.92 Å². The van der Waals surface area contributed by atoms with Crippen LogP contribution in [0.4, 0.5) is 4.79 Å². The van der Waals surface area contributed by atoms with Gasteiger partial charge in [-0.05, 0) is 37.8 Å². The molecular formula is C15H19N3O3S. The minimum absolute atomic E-state index is 0.0476. The summed E-state index contributed by atoms with van der Waals surface area (Å²) in [5.41, 5.74) is -1.24. The maximum atomic E-state index is 12.1. The van der Waals surface area contributed by atoms with E-state index in [2.05, 4.69) is 15.6 Å². The maximum Gasteiger partial charge on any atom is 0.315 e. The zero-order valence-electron chi connectivity index (χ0n) is 12.3. The van der Waals surface area contributed by atoms with Crippen LogP contribution in [0.5, 0.6) is 0 Å². The predicted molar refractivity (Wildman–Crippen MR) is 82.4 cm³/mol. The summed E-state index contributed by atoms with van der Waals surface area (Å²) in [6.45, 7) is 1.67. The third kappa shape index (κ3) is 3.48. The van der Waals surface area contributed by atoms with E-state index in [-0.39, 0.29) is 18.6 Å². The summed E-state index contributed by atoms with van der Waals surface area (Å²) < 4.78 is 5.19. The smallest absolute Gasteiger partial charge is 0.315 e. The largest absolute Gasteiger partial charge is 0.466 e. The third-order valence-corrected chi connectivity index (χ3v) is 4.60. The summed E-state index contributed by atoms with van der Waals surface area (Å²) in [5, 5.41) is 18.8. The molecule has 0 saturated heterocycles. The zero-order chi connectivity index (χ0) is 15.6. The van der Waals surface area contributed by atoms with Crippen molar-refractivity contribution in [3.63, 3.8) is 0 Å². The highest BCUT2D eigenvalue weighted by molar-refractivity contribution is 7.09. The van der Waals surface area contributed by atoms with Gasteiger partial charge in [-0.3, -0.25) is 0 Å². The molecule has 2 aromatic heterocycles. The number of carbonyl (C=O) groups is 1. The first kappa shape index (κ1) is 15.1. The molecule has 0 aliphatic heterocycles. The van der Waals surface area contributed by atoms with Crippen molar-refractivity contribution in [3.05, 3.63) is 40.7 Å². The molecule has 0 aromatic carbocycles. The molecule has 22 heavy (non-hydrogen) atoms. The van der Waals surface area contributed by atoms with Gasteiger partial charge in [0.05, 0.1) is 18.8 Å². The Bertz CT molecular complexity index is 606. The molecule has 2 heterocycles. The van der Waals surface area contributed by atoms with Gasteiger partial charge in [0, 0.05) is 11.6 Å². The van der Waals surface area contributed by atoms with E-state index in [1.807, 2.05) is 5.38 Å². The van der Waals surface area contributed by atoms with Crippen LogP contribution in [0.25, 0.3) is 0 Å². The summed E-state index contributed by atoms with van der Waals surface area (Å²) in [4.78, 5) is 16.4. The number of amides is 2. The van der Waals surface area contributed by atoms with Crippen LogP contribution >= 0.6 is 11.3 Å². The van der Waals surface area contributed by atoms with Crippen LogP contribution in [0.2, 0.25) is 0 Å². The molecule has 6 nitrogen and oxygen atoms in total. The molecule has 118 valence electrons. The summed E-state index contributed by atoms with van der Waals surface area (Å²) >= 11 is 1.55. The average molecular weight is 321 g/mol. The van der Waals surface area contributed by atoms with Gasteiger partial charge in [0.2, 0.25) is 0 Å². The van der Waals surface area contributed by atoms with Crippen molar-refractivity contribution >= 4 is 17.4 Å². The van der Waals surface area contributed by atoms with Crippen molar-refractivity contribution in [2.75, 3.05) is 6.54 Å². The van der Waals surface area contributed by atoms with E-state index in [4.69, 9.17) is 4.42 Å². The van der Waals surface area contributed by atoms with Crippen LogP contribution in [0.3, 0.4) is 0 Å². The molecule has 0 unspecified atom stereocenters. The molecular weight excluding hydrogens is 302 g/mol. The van der Waals surface area contributed by atoms with Crippen LogP contribution < -0.4 is 10.6 Å². The molecule has 7 heteroatoms. The Kier molecular flexibility index (Phi) is 4.17. The first-order chi connectivity index (χ1) is 10.6. The van der Waals surface area contributed by atoms with Gasteiger partial charge in [-0.2, -0.15) is 0 Å². The van der Waals surface area contributed by atoms with Crippen molar-refractivity contribution in [2.45, 2.75) is 31.4 Å². The lowest BCUT2D eigenvalue weighted by Gasteiger charge is -2.22. The molecule has 1 aliphatic carbocycles. The molecule has 1 saturated carbocycles. The lowest BCUT2D eigenvalue weighted by Crippen LogP contribution is -2.44. The molecule has 1 aliphatic rings. The van der Waals surface area contributed by atoms with Crippen LogP contribution in [-0.2, 0) is 5.60 Å². The quantitative estimate of drug-likeness (QED) is 0.762. The van der Waals surface area contributed by atoms with Gasteiger partial charge in [0.25, 0.3) is 0 Å². The van der Waals surface area contributed by atoms with Gasteiger partial charge >= 0.3 is 6.03 Å². The molecule has 1 fully saturated rings. The minimum atomic E-state index is -1.24. The van der Waals surface area contributed by atoms with Gasteiger partial charge in [-0.25, -0.2) is 9.78 Å². The van der Waals surface area contributed by atoms with Crippen molar-refractivity contribution in [3.8, 4) is 0 Å². The number of carbonyl (C=O) groups excluding carboxylic acids is 1. The molecule has 2 aromatic rings. The number of nitrogens with one attached hydrogen (secondary N) is 2. The molecule has 2 atom stereocenters. The van der Waals surface area contributed by atoms with E-state index in [1.165, 1.54) is 6.26 Å². The zero-order valence-corrected chi connectivity index (χ0v) is 13.1. The number of hydrogen-bond acceptors (Lipinski definition) is 5. The highest BCUT2D eigenvalue weighted by Gasteiger charge is 2.35. The molecule has 0 spiro atoms. The number of urea groups is 1. The summed E-state index contributed by atoms with van der Waals surface area (Å²) in [6.07, 6.45) is 5.45. The van der Waals surface area contributed by atoms with Crippen molar-refractivity contribution < 1.29 is 14.3 Å². The molecule has 0 bridgehead atoms.